The second-order valence-corrected chi connectivity index (χ2v) is 7.15. The highest BCUT2D eigenvalue weighted by Gasteiger charge is 2.23. The van der Waals surface area contributed by atoms with Crippen LogP contribution in [0.2, 0.25) is 10.2 Å². The van der Waals surface area contributed by atoms with Gasteiger partial charge >= 0.3 is 0 Å². The summed E-state index contributed by atoms with van der Waals surface area (Å²) in [6, 6.07) is 5.22. The van der Waals surface area contributed by atoms with Crippen molar-refractivity contribution < 1.29 is 9.53 Å². The summed E-state index contributed by atoms with van der Waals surface area (Å²) in [4.78, 5) is 15.5. The van der Waals surface area contributed by atoms with E-state index in [1.165, 1.54) is 0 Å². The third-order valence-corrected chi connectivity index (χ3v) is 5.33. The quantitative estimate of drug-likeness (QED) is 0.303. The van der Waals surface area contributed by atoms with Crippen LogP contribution in [-0.4, -0.2) is 23.3 Å². The molecule has 0 unspecified atom stereocenters. The minimum atomic E-state index is -0.275. The first-order valence-corrected chi connectivity index (χ1v) is 9.08. The first kappa shape index (κ1) is 18.1. The molecule has 0 aliphatic carbocycles. The summed E-state index contributed by atoms with van der Waals surface area (Å²) in [6.07, 6.45) is 0.690. The molecule has 0 fully saturated rings. The molecule has 118 valence electrons. The number of benzene rings is 1. The van der Waals surface area contributed by atoms with Crippen molar-refractivity contribution in [2.75, 3.05) is 12.5 Å². The number of alkyl halides is 1. The summed E-state index contributed by atoms with van der Waals surface area (Å²) >= 11 is 24.2. The average molecular weight is 490 g/mol. The van der Waals surface area contributed by atoms with Crippen LogP contribution in [-0.2, 0) is 0 Å². The van der Waals surface area contributed by atoms with Crippen LogP contribution in [0.15, 0.2) is 27.1 Å². The van der Waals surface area contributed by atoms with E-state index in [9.17, 15) is 4.79 Å². The van der Waals surface area contributed by atoms with Gasteiger partial charge < -0.3 is 9.72 Å². The number of ether oxygens (including phenoxy) is 1. The molecule has 22 heavy (non-hydrogen) atoms. The molecule has 0 saturated carbocycles. The predicted molar refractivity (Wildman–Crippen MR) is 96.9 cm³/mol. The Morgan fingerprint density at radius 1 is 1.27 bits per heavy atom. The maximum absolute atomic E-state index is 12.7. The highest BCUT2D eigenvalue weighted by atomic mass is 79.9. The van der Waals surface area contributed by atoms with Crippen LogP contribution in [0.4, 0.5) is 0 Å². The predicted octanol–water partition coefficient (Wildman–Crippen LogP) is 6.09. The van der Waals surface area contributed by atoms with E-state index >= 15 is 0 Å². The largest absolute Gasteiger partial charge is 0.493 e. The van der Waals surface area contributed by atoms with Gasteiger partial charge in [0.15, 0.2) is 0 Å². The van der Waals surface area contributed by atoms with Gasteiger partial charge in [0.25, 0.3) is 0 Å². The van der Waals surface area contributed by atoms with Gasteiger partial charge in [0.05, 0.1) is 21.7 Å². The Bertz CT molecular complexity index is 704. The minimum Gasteiger partial charge on any atom is -0.493 e. The molecule has 8 heteroatoms. The molecule has 0 aliphatic heterocycles. The number of hydrogen-bond donors (Lipinski definition) is 1. The molecule has 2 aromatic rings. The fourth-order valence-corrected chi connectivity index (χ4v) is 3.15. The van der Waals surface area contributed by atoms with Crippen LogP contribution in [0.5, 0.6) is 5.75 Å². The fraction of sp³-hybridized carbons (Fsp3) is 0.214. The number of halogens is 5. The number of hydrogen-bond acceptors (Lipinski definition) is 2. The fourth-order valence-electron chi connectivity index (χ4n) is 1.76. The van der Waals surface area contributed by atoms with E-state index in [0.717, 1.165) is 4.47 Å². The van der Waals surface area contributed by atoms with Crippen molar-refractivity contribution in [3.05, 3.63) is 48.6 Å². The molecule has 0 aliphatic rings. The monoisotopic (exact) mass is 487 g/mol. The lowest BCUT2D eigenvalue weighted by molar-refractivity contribution is 0.103. The summed E-state index contributed by atoms with van der Waals surface area (Å²) in [7, 11) is 0. The minimum absolute atomic E-state index is 0.205. The zero-order chi connectivity index (χ0) is 16.3. The van der Waals surface area contributed by atoms with E-state index in [2.05, 4.69) is 36.8 Å². The number of nitrogens with one attached hydrogen (secondary N) is 1. The Hall–Kier alpha value is -0.200. The van der Waals surface area contributed by atoms with Crippen LogP contribution in [0, 0.1) is 0 Å². The van der Waals surface area contributed by atoms with Crippen molar-refractivity contribution in [2.45, 2.75) is 6.42 Å². The van der Waals surface area contributed by atoms with Gasteiger partial charge in [-0.25, -0.2) is 0 Å². The van der Waals surface area contributed by atoms with Gasteiger partial charge in [-0.1, -0.05) is 39.1 Å². The second-order valence-electron chi connectivity index (χ2n) is 4.30. The van der Waals surface area contributed by atoms with Gasteiger partial charge in [-0.2, -0.15) is 0 Å². The maximum Gasteiger partial charge on any atom is 0.214 e. The Labute approximate surface area is 159 Å². The van der Waals surface area contributed by atoms with E-state index in [0.29, 0.717) is 34.7 Å². The summed E-state index contributed by atoms with van der Waals surface area (Å²) in [5.74, 6) is 0.697. The van der Waals surface area contributed by atoms with Gasteiger partial charge in [-0.3, -0.25) is 4.79 Å². The Morgan fingerprint density at radius 3 is 2.59 bits per heavy atom. The average Bonchev–Trinajstić information content (AvgIpc) is 2.76. The third kappa shape index (κ3) is 4.01. The lowest BCUT2D eigenvalue weighted by Crippen LogP contribution is -2.08. The number of rotatable bonds is 6. The Morgan fingerprint density at radius 2 is 2.00 bits per heavy atom. The lowest BCUT2D eigenvalue weighted by Gasteiger charge is -2.10. The lowest BCUT2D eigenvalue weighted by atomic mass is 10.1. The highest BCUT2D eigenvalue weighted by Crippen LogP contribution is 2.35. The number of carbonyl (C=O) groups is 1. The molecule has 0 radical (unpaired) electrons. The normalized spacial score (nSPS) is 10.8. The standard InChI is InChI=1S/C14H10Br2Cl3NO2/c15-7-2-3-9(22-5-1-4-17)8(6-7)13(21)12-10(16)11(18)14(19)20-12/h2-3,6,20H,1,4-5H2. The van der Waals surface area contributed by atoms with Crippen LogP contribution >= 0.6 is 66.7 Å². The molecule has 0 saturated heterocycles. The second kappa shape index (κ2) is 8.06. The Kier molecular flexibility index (Phi) is 6.65. The molecule has 0 bridgehead atoms. The summed E-state index contributed by atoms with van der Waals surface area (Å²) in [5, 5.41) is 0.473. The van der Waals surface area contributed by atoms with Crippen LogP contribution in [0.25, 0.3) is 0 Å². The van der Waals surface area contributed by atoms with Gasteiger partial charge in [0, 0.05) is 10.4 Å². The molecule has 0 spiro atoms. The first-order valence-electron chi connectivity index (χ1n) is 6.21. The van der Waals surface area contributed by atoms with Crippen LogP contribution in [0.1, 0.15) is 22.5 Å². The SMILES string of the molecule is O=C(c1cc(Br)ccc1OCCCCl)c1[nH]c(Cl)c(Cl)c1Br. The molecule has 2 rings (SSSR count). The van der Waals surface area contributed by atoms with Crippen molar-refractivity contribution >= 4 is 72.4 Å². The summed E-state index contributed by atoms with van der Waals surface area (Å²) < 4.78 is 6.82. The zero-order valence-corrected chi connectivity index (χ0v) is 16.5. The molecule has 1 aromatic heterocycles. The maximum atomic E-state index is 12.7. The van der Waals surface area contributed by atoms with Gasteiger partial charge in [0.1, 0.15) is 16.6 Å². The van der Waals surface area contributed by atoms with Crippen molar-refractivity contribution in [3.8, 4) is 5.75 Å². The van der Waals surface area contributed by atoms with Crippen molar-refractivity contribution in [2.24, 2.45) is 0 Å². The number of ketones is 1. The number of aromatic nitrogens is 1. The van der Waals surface area contributed by atoms with E-state index < -0.39 is 0 Å². The molecule has 0 amide bonds. The van der Waals surface area contributed by atoms with Crippen molar-refractivity contribution in [1.82, 2.24) is 4.98 Å². The van der Waals surface area contributed by atoms with Crippen LogP contribution in [0.3, 0.4) is 0 Å². The molecular formula is C14H10Br2Cl3NO2. The molecule has 1 N–H and O–H groups in total. The Balaban J connectivity index is 2.39. The van der Waals surface area contributed by atoms with Gasteiger partial charge in [-0.05, 0) is 40.5 Å². The first-order chi connectivity index (χ1) is 10.5. The van der Waals surface area contributed by atoms with Crippen LogP contribution < -0.4 is 4.74 Å². The van der Waals surface area contributed by atoms with Gasteiger partial charge in [-0.15, -0.1) is 11.6 Å². The van der Waals surface area contributed by atoms with E-state index in [1.54, 1.807) is 18.2 Å². The summed E-state index contributed by atoms with van der Waals surface area (Å²) in [5.41, 5.74) is 0.675. The smallest absolute Gasteiger partial charge is 0.214 e. The van der Waals surface area contributed by atoms with Crippen molar-refractivity contribution in [3.63, 3.8) is 0 Å². The van der Waals surface area contributed by atoms with Gasteiger partial charge in [0.2, 0.25) is 5.78 Å². The molecule has 1 heterocycles. The number of carbonyl (C=O) groups excluding carboxylic acids is 1. The zero-order valence-electron chi connectivity index (χ0n) is 11.1. The van der Waals surface area contributed by atoms with E-state index in [4.69, 9.17) is 39.5 Å². The topological polar surface area (TPSA) is 42.1 Å². The third-order valence-electron chi connectivity index (χ3n) is 2.79. The number of aromatic amines is 1. The highest BCUT2D eigenvalue weighted by molar-refractivity contribution is 9.10. The molecule has 3 nitrogen and oxygen atoms in total. The van der Waals surface area contributed by atoms with E-state index in [-0.39, 0.29) is 21.7 Å². The molecular weight excluding hydrogens is 480 g/mol. The van der Waals surface area contributed by atoms with Crippen molar-refractivity contribution in [1.29, 1.82) is 0 Å². The van der Waals surface area contributed by atoms with E-state index in [1.807, 2.05) is 0 Å². The molecule has 1 aromatic carbocycles. The number of H-pyrrole nitrogens is 1. The summed E-state index contributed by atoms with van der Waals surface area (Å²) in [6.45, 7) is 0.429. The molecule has 0 atom stereocenters.